The molecule has 0 N–H and O–H groups in total. The van der Waals surface area contributed by atoms with Gasteiger partial charge >= 0.3 is 5.97 Å². The first-order valence-electron chi connectivity index (χ1n) is 6.55. The average Bonchev–Trinajstić information content (AvgIpc) is 2.93. The number of carbonyl (C=O) groups is 1. The Balaban J connectivity index is 1.72. The summed E-state index contributed by atoms with van der Waals surface area (Å²) in [7, 11) is 0. The van der Waals surface area contributed by atoms with Crippen LogP contribution >= 0.6 is 0 Å². The fraction of sp³-hybridized carbons (Fsp3) is 0.786. The fourth-order valence-electron chi connectivity index (χ4n) is 3.55. The van der Waals surface area contributed by atoms with Gasteiger partial charge in [0.25, 0.3) is 0 Å². The second kappa shape index (κ2) is 3.35. The summed E-state index contributed by atoms with van der Waals surface area (Å²) >= 11 is 0. The van der Waals surface area contributed by atoms with E-state index in [1.54, 1.807) is 0 Å². The van der Waals surface area contributed by atoms with Crippen LogP contribution in [0.5, 0.6) is 0 Å². The van der Waals surface area contributed by atoms with Gasteiger partial charge in [0, 0.05) is 0 Å². The molecule has 0 aromatic heterocycles. The number of ether oxygens (including phenoxy) is 1. The molecule has 3 aliphatic carbocycles. The Labute approximate surface area is 97.1 Å². The zero-order chi connectivity index (χ0) is 11.2. The SMILES string of the molecule is CC1(OC(=O)C23C=CC(CC2)C3)CCCC1. The van der Waals surface area contributed by atoms with Gasteiger partial charge < -0.3 is 4.74 Å². The topological polar surface area (TPSA) is 26.3 Å². The van der Waals surface area contributed by atoms with E-state index < -0.39 is 0 Å². The van der Waals surface area contributed by atoms with E-state index in [1.165, 1.54) is 19.3 Å². The van der Waals surface area contributed by atoms with Crippen molar-refractivity contribution in [2.75, 3.05) is 0 Å². The number of esters is 1. The Morgan fingerprint density at radius 3 is 2.56 bits per heavy atom. The van der Waals surface area contributed by atoms with Crippen LogP contribution in [0.3, 0.4) is 0 Å². The summed E-state index contributed by atoms with van der Waals surface area (Å²) in [6, 6.07) is 0. The number of hydrogen-bond donors (Lipinski definition) is 0. The van der Waals surface area contributed by atoms with Crippen LogP contribution in [0.4, 0.5) is 0 Å². The van der Waals surface area contributed by atoms with E-state index in [4.69, 9.17) is 4.74 Å². The van der Waals surface area contributed by atoms with Crippen LogP contribution in [0.1, 0.15) is 51.9 Å². The molecular weight excluding hydrogens is 200 g/mol. The molecule has 2 unspecified atom stereocenters. The lowest BCUT2D eigenvalue weighted by Gasteiger charge is -2.30. The Bertz CT molecular complexity index is 339. The molecule has 2 heteroatoms. The first-order valence-corrected chi connectivity index (χ1v) is 6.55. The zero-order valence-electron chi connectivity index (χ0n) is 10.00. The van der Waals surface area contributed by atoms with Crippen LogP contribution in [-0.4, -0.2) is 11.6 Å². The monoisotopic (exact) mass is 220 g/mol. The van der Waals surface area contributed by atoms with Crippen LogP contribution in [0.2, 0.25) is 0 Å². The van der Waals surface area contributed by atoms with Gasteiger partial charge in [-0.1, -0.05) is 12.2 Å². The summed E-state index contributed by atoms with van der Waals surface area (Å²) in [6.07, 6.45) is 12.0. The largest absolute Gasteiger partial charge is 0.459 e. The highest BCUT2D eigenvalue weighted by Gasteiger charge is 2.49. The van der Waals surface area contributed by atoms with Gasteiger partial charge in [0.1, 0.15) is 5.60 Å². The molecule has 2 bridgehead atoms. The molecule has 2 nitrogen and oxygen atoms in total. The van der Waals surface area contributed by atoms with E-state index in [0.717, 1.165) is 25.7 Å². The molecule has 0 aliphatic heterocycles. The normalized spacial score (nSPS) is 39.2. The van der Waals surface area contributed by atoms with Crippen LogP contribution in [0.25, 0.3) is 0 Å². The van der Waals surface area contributed by atoms with Crippen molar-refractivity contribution >= 4 is 5.97 Å². The quantitative estimate of drug-likeness (QED) is 0.527. The first-order chi connectivity index (χ1) is 7.62. The lowest BCUT2D eigenvalue weighted by molar-refractivity contribution is -0.166. The molecular formula is C14H20O2. The predicted octanol–water partition coefficient (Wildman–Crippen LogP) is 3.22. The van der Waals surface area contributed by atoms with Gasteiger partial charge in [-0.2, -0.15) is 0 Å². The molecule has 0 aromatic rings. The van der Waals surface area contributed by atoms with Gasteiger partial charge in [-0.3, -0.25) is 4.79 Å². The van der Waals surface area contributed by atoms with Gasteiger partial charge in [0.2, 0.25) is 0 Å². The molecule has 3 rings (SSSR count). The highest BCUT2D eigenvalue weighted by molar-refractivity contribution is 5.81. The maximum atomic E-state index is 12.3. The first kappa shape index (κ1) is 10.4. The van der Waals surface area contributed by atoms with Crippen molar-refractivity contribution in [1.82, 2.24) is 0 Å². The van der Waals surface area contributed by atoms with Crippen molar-refractivity contribution < 1.29 is 9.53 Å². The molecule has 0 saturated heterocycles. The smallest absolute Gasteiger partial charge is 0.316 e. The minimum absolute atomic E-state index is 0.0492. The standard InChI is InChI=1S/C14H20O2/c1-13(6-2-3-7-13)16-12(15)14-8-4-11(10-14)5-9-14/h4,8,11H,2-3,5-7,9-10H2,1H3. The molecule has 0 radical (unpaired) electrons. The lowest BCUT2D eigenvalue weighted by Crippen LogP contribution is -2.36. The van der Waals surface area contributed by atoms with Crippen LogP contribution < -0.4 is 0 Å². The number of hydrogen-bond acceptors (Lipinski definition) is 2. The number of allylic oxidation sites excluding steroid dienone is 1. The maximum absolute atomic E-state index is 12.3. The highest BCUT2D eigenvalue weighted by atomic mass is 16.6. The van der Waals surface area contributed by atoms with Gasteiger partial charge in [-0.25, -0.2) is 0 Å². The third-order valence-corrected chi connectivity index (χ3v) is 4.68. The molecule has 2 saturated carbocycles. The molecule has 2 atom stereocenters. The van der Waals surface area contributed by atoms with E-state index in [9.17, 15) is 4.79 Å². The van der Waals surface area contributed by atoms with Crippen molar-refractivity contribution in [2.45, 2.75) is 57.5 Å². The Hall–Kier alpha value is -0.790. The lowest BCUT2D eigenvalue weighted by atomic mass is 9.87. The van der Waals surface area contributed by atoms with Crippen molar-refractivity contribution in [2.24, 2.45) is 11.3 Å². The van der Waals surface area contributed by atoms with E-state index in [-0.39, 0.29) is 17.0 Å². The summed E-state index contributed by atoms with van der Waals surface area (Å²) in [6.45, 7) is 2.10. The fourth-order valence-corrected chi connectivity index (χ4v) is 3.55. The van der Waals surface area contributed by atoms with Gasteiger partial charge in [0.05, 0.1) is 5.41 Å². The Kier molecular flexibility index (Phi) is 2.17. The molecule has 0 spiro atoms. The summed E-state index contributed by atoms with van der Waals surface area (Å²) in [4.78, 5) is 12.3. The zero-order valence-corrected chi connectivity index (χ0v) is 10.00. The van der Waals surface area contributed by atoms with Crippen LogP contribution in [-0.2, 0) is 9.53 Å². The Morgan fingerprint density at radius 1 is 1.31 bits per heavy atom. The maximum Gasteiger partial charge on any atom is 0.316 e. The van der Waals surface area contributed by atoms with Crippen LogP contribution in [0, 0.1) is 11.3 Å². The molecule has 0 heterocycles. The second-order valence-electron chi connectivity index (χ2n) is 6.06. The van der Waals surface area contributed by atoms with E-state index >= 15 is 0 Å². The van der Waals surface area contributed by atoms with Crippen molar-refractivity contribution in [1.29, 1.82) is 0 Å². The van der Waals surface area contributed by atoms with Crippen molar-refractivity contribution in [3.8, 4) is 0 Å². The summed E-state index contributed by atoms with van der Waals surface area (Å²) in [5.41, 5.74) is -0.406. The average molecular weight is 220 g/mol. The molecule has 2 fully saturated rings. The minimum atomic E-state index is -0.240. The summed E-state index contributed by atoms with van der Waals surface area (Å²) in [5.74, 6) is 0.692. The van der Waals surface area contributed by atoms with Crippen molar-refractivity contribution in [3.63, 3.8) is 0 Å². The summed E-state index contributed by atoms with van der Waals surface area (Å²) in [5, 5.41) is 0. The number of rotatable bonds is 2. The summed E-state index contributed by atoms with van der Waals surface area (Å²) < 4.78 is 5.81. The third-order valence-electron chi connectivity index (χ3n) is 4.68. The molecule has 0 aromatic carbocycles. The van der Waals surface area contributed by atoms with Gasteiger partial charge in [-0.15, -0.1) is 0 Å². The molecule has 88 valence electrons. The second-order valence-corrected chi connectivity index (χ2v) is 6.06. The van der Waals surface area contributed by atoms with Crippen molar-refractivity contribution in [3.05, 3.63) is 12.2 Å². The molecule has 16 heavy (non-hydrogen) atoms. The number of carbonyl (C=O) groups excluding carboxylic acids is 1. The van der Waals surface area contributed by atoms with Gasteiger partial charge in [-0.05, 0) is 57.8 Å². The predicted molar refractivity (Wildman–Crippen MR) is 61.9 cm³/mol. The van der Waals surface area contributed by atoms with Gasteiger partial charge in [0.15, 0.2) is 0 Å². The number of fused-ring (bicyclic) bond motifs is 2. The van der Waals surface area contributed by atoms with E-state index in [0.29, 0.717) is 5.92 Å². The van der Waals surface area contributed by atoms with Crippen LogP contribution in [0.15, 0.2) is 12.2 Å². The highest BCUT2D eigenvalue weighted by Crippen LogP contribution is 2.50. The molecule has 0 amide bonds. The minimum Gasteiger partial charge on any atom is -0.459 e. The van der Waals surface area contributed by atoms with E-state index in [2.05, 4.69) is 19.1 Å². The molecule has 3 aliphatic rings. The Morgan fingerprint density at radius 2 is 2.06 bits per heavy atom. The van der Waals surface area contributed by atoms with E-state index in [1.807, 2.05) is 0 Å². The third kappa shape index (κ3) is 1.50.